The highest BCUT2D eigenvalue weighted by atomic mass is 16.5. The molecule has 11 nitrogen and oxygen atoms in total. The van der Waals surface area contributed by atoms with Crippen molar-refractivity contribution in [2.75, 3.05) is 26.7 Å². The average Bonchev–Trinajstić information content (AvgIpc) is 3.61. The largest absolute Gasteiger partial charge is 0.394 e. The number of likely N-dealkylation sites (N-methyl/N-ethyl adjacent to an activating group) is 1. The minimum absolute atomic E-state index is 0.0788. The van der Waals surface area contributed by atoms with Gasteiger partial charge in [-0.3, -0.25) is 14.4 Å². The zero-order valence-corrected chi connectivity index (χ0v) is 23.6. The lowest BCUT2D eigenvalue weighted by atomic mass is 9.62. The number of fused-ring (bicyclic) bond motifs is 2. The second-order valence-corrected chi connectivity index (χ2v) is 11.6. The van der Waals surface area contributed by atoms with E-state index in [4.69, 9.17) is 4.74 Å². The number of hydrogen-bond donors (Lipinski definition) is 1. The second-order valence-electron chi connectivity index (χ2n) is 11.6. The Hall–Kier alpha value is -3.57. The smallest absolute Gasteiger partial charge is 0.250 e. The van der Waals surface area contributed by atoms with Crippen molar-refractivity contribution in [3.8, 4) is 0 Å². The van der Waals surface area contributed by atoms with Crippen molar-refractivity contribution in [2.45, 2.75) is 57.1 Å². The molecule has 2 aromatic rings. The minimum atomic E-state index is -1.22. The van der Waals surface area contributed by atoms with E-state index in [1.807, 2.05) is 38.1 Å². The summed E-state index contributed by atoms with van der Waals surface area (Å²) in [6, 6.07) is 5.77. The molecule has 3 fully saturated rings. The number of nitrogens with zero attached hydrogens (tertiary/aromatic N) is 6. The lowest BCUT2D eigenvalue weighted by Crippen LogP contribution is -2.58. The van der Waals surface area contributed by atoms with Gasteiger partial charge in [0.1, 0.15) is 23.8 Å². The van der Waals surface area contributed by atoms with Crippen LogP contribution in [0.4, 0.5) is 0 Å². The molecule has 3 saturated heterocycles. The molecule has 0 aliphatic carbocycles. The summed E-state index contributed by atoms with van der Waals surface area (Å²) in [5.74, 6) is -2.61. The monoisotopic (exact) mass is 550 g/mol. The molecule has 2 bridgehead atoms. The van der Waals surface area contributed by atoms with Gasteiger partial charge in [0.15, 0.2) is 0 Å². The van der Waals surface area contributed by atoms with Crippen LogP contribution in [0.2, 0.25) is 0 Å². The molecule has 11 heteroatoms. The van der Waals surface area contributed by atoms with Crippen LogP contribution in [0, 0.1) is 17.8 Å². The van der Waals surface area contributed by atoms with Crippen LogP contribution < -0.4 is 0 Å². The van der Waals surface area contributed by atoms with Crippen molar-refractivity contribution in [3.63, 3.8) is 0 Å². The van der Waals surface area contributed by atoms with Gasteiger partial charge < -0.3 is 24.5 Å². The Labute approximate surface area is 234 Å². The Bertz CT molecular complexity index is 1360. The van der Waals surface area contributed by atoms with Gasteiger partial charge in [-0.2, -0.15) is 0 Å². The second kappa shape index (κ2) is 10.1. The highest BCUT2D eigenvalue weighted by Gasteiger charge is 2.80. The van der Waals surface area contributed by atoms with Gasteiger partial charge in [0.2, 0.25) is 17.7 Å². The number of amides is 3. The maximum Gasteiger partial charge on any atom is 0.250 e. The Morgan fingerprint density at radius 2 is 1.95 bits per heavy atom. The van der Waals surface area contributed by atoms with Crippen molar-refractivity contribution in [1.82, 2.24) is 29.7 Å². The number of aromatic nitrogens is 3. The summed E-state index contributed by atoms with van der Waals surface area (Å²) in [5, 5.41) is 18.6. The molecule has 1 spiro atoms. The highest BCUT2D eigenvalue weighted by molar-refractivity contribution is 5.99. The molecule has 3 aliphatic rings. The van der Waals surface area contributed by atoms with Gasteiger partial charge in [-0.25, -0.2) is 4.68 Å². The van der Waals surface area contributed by atoms with Crippen molar-refractivity contribution in [2.24, 2.45) is 17.8 Å². The van der Waals surface area contributed by atoms with Gasteiger partial charge in [-0.05, 0) is 38.3 Å². The number of carbonyl (C=O) groups excluding carboxylic acids is 3. The summed E-state index contributed by atoms with van der Waals surface area (Å²) >= 11 is 0. The van der Waals surface area contributed by atoms with Crippen LogP contribution in [0.1, 0.15) is 27.2 Å². The van der Waals surface area contributed by atoms with E-state index in [-0.39, 0.29) is 43.5 Å². The summed E-state index contributed by atoms with van der Waals surface area (Å²) < 4.78 is 8.42. The Morgan fingerprint density at radius 3 is 2.62 bits per heavy atom. The lowest BCUT2D eigenvalue weighted by Gasteiger charge is -2.38. The van der Waals surface area contributed by atoms with Crippen LogP contribution in [0.5, 0.6) is 0 Å². The van der Waals surface area contributed by atoms with Crippen LogP contribution in [-0.4, -0.2) is 103 Å². The van der Waals surface area contributed by atoms with Crippen LogP contribution in [0.3, 0.4) is 0 Å². The van der Waals surface area contributed by atoms with Crippen molar-refractivity contribution in [1.29, 1.82) is 0 Å². The topological polar surface area (TPSA) is 121 Å². The minimum Gasteiger partial charge on any atom is -0.394 e. The summed E-state index contributed by atoms with van der Waals surface area (Å²) in [6.45, 7) is 13.4. The van der Waals surface area contributed by atoms with E-state index >= 15 is 0 Å². The number of benzene rings is 1. The zero-order chi connectivity index (χ0) is 29.0. The van der Waals surface area contributed by atoms with E-state index in [0.717, 1.165) is 5.52 Å². The first-order valence-electron chi connectivity index (χ1n) is 13.7. The van der Waals surface area contributed by atoms with Crippen molar-refractivity contribution >= 4 is 28.8 Å². The number of ether oxygens (including phenoxy) is 1. The molecule has 0 radical (unpaired) electrons. The van der Waals surface area contributed by atoms with Gasteiger partial charge in [0, 0.05) is 20.1 Å². The Kier molecular flexibility index (Phi) is 7.08. The summed E-state index contributed by atoms with van der Waals surface area (Å²) in [6.07, 6.45) is 3.70. The van der Waals surface area contributed by atoms with Crippen molar-refractivity contribution < 1.29 is 24.2 Å². The van der Waals surface area contributed by atoms with E-state index in [1.54, 1.807) is 40.6 Å². The van der Waals surface area contributed by atoms with E-state index in [0.29, 0.717) is 18.5 Å². The fourth-order valence-corrected chi connectivity index (χ4v) is 7.14. The number of aliphatic hydroxyl groups excluding tert-OH is 1. The molecule has 7 atom stereocenters. The number of carbonyl (C=O) groups is 3. The van der Waals surface area contributed by atoms with Crippen LogP contribution >= 0.6 is 0 Å². The SMILES string of the molecule is C=CCN(C)C(=O)[C@@H]1[C@H]2C(=O)N([C@H](C)CO)C(C(=O)N(CC=C)Cn3nnc4ccccc43)C23CC(C)[C@@]1(C)O3. The fraction of sp³-hybridized carbons (Fsp3) is 0.552. The molecule has 214 valence electrons. The zero-order valence-electron chi connectivity index (χ0n) is 23.6. The Balaban J connectivity index is 1.58. The van der Waals surface area contributed by atoms with Crippen LogP contribution in [-0.2, 0) is 25.8 Å². The molecule has 5 rings (SSSR count). The van der Waals surface area contributed by atoms with Gasteiger partial charge in [0.25, 0.3) is 0 Å². The normalized spacial score (nSPS) is 31.3. The van der Waals surface area contributed by atoms with Gasteiger partial charge in [-0.1, -0.05) is 36.4 Å². The summed E-state index contributed by atoms with van der Waals surface area (Å²) in [7, 11) is 1.68. The predicted octanol–water partition coefficient (Wildman–Crippen LogP) is 1.44. The van der Waals surface area contributed by atoms with E-state index < -0.39 is 35.1 Å². The molecule has 0 saturated carbocycles. The first-order chi connectivity index (χ1) is 19.0. The van der Waals surface area contributed by atoms with E-state index in [2.05, 4.69) is 23.5 Å². The quantitative estimate of drug-likeness (QED) is 0.445. The van der Waals surface area contributed by atoms with Crippen LogP contribution in [0.25, 0.3) is 11.0 Å². The number of para-hydroxylation sites is 1. The molecule has 1 aromatic heterocycles. The number of likely N-dealkylation sites (tertiary alicyclic amines) is 1. The maximum atomic E-state index is 14.6. The average molecular weight is 551 g/mol. The molecule has 40 heavy (non-hydrogen) atoms. The third-order valence-corrected chi connectivity index (χ3v) is 9.16. The van der Waals surface area contributed by atoms with Crippen LogP contribution in [0.15, 0.2) is 49.6 Å². The number of rotatable bonds is 10. The standard InChI is InChI=1S/C29H38N6O5/c1-7-13-32(6)25(37)22-23-26(38)35(19(4)16-36)24(29(23)15-18(3)28(22,5)40-29)27(39)33(14-8-2)17-34-21-12-10-9-11-20(21)30-31-34/h7-12,18-19,22-24,36H,1-2,13-17H2,3-6H3/t18?,19-,22+,23+,24?,28-,29?/m1/s1. The van der Waals surface area contributed by atoms with Gasteiger partial charge in [0.05, 0.1) is 35.6 Å². The fourth-order valence-electron chi connectivity index (χ4n) is 7.14. The molecule has 1 N–H and O–H groups in total. The first-order valence-corrected chi connectivity index (χ1v) is 13.7. The molecule has 3 amide bonds. The molecule has 3 unspecified atom stereocenters. The van der Waals surface area contributed by atoms with Crippen molar-refractivity contribution in [3.05, 3.63) is 49.6 Å². The molecule has 3 aliphatic heterocycles. The molecule has 1 aromatic carbocycles. The summed E-state index contributed by atoms with van der Waals surface area (Å²) in [5.41, 5.74) is -0.683. The highest BCUT2D eigenvalue weighted by Crippen LogP contribution is 2.65. The first kappa shape index (κ1) is 28.0. The molecule has 4 heterocycles. The van der Waals surface area contributed by atoms with E-state index in [1.165, 1.54) is 4.90 Å². The predicted molar refractivity (Wildman–Crippen MR) is 147 cm³/mol. The Morgan fingerprint density at radius 1 is 1.25 bits per heavy atom. The number of aliphatic hydroxyl groups is 1. The third-order valence-electron chi connectivity index (χ3n) is 9.16. The summed E-state index contributed by atoms with van der Waals surface area (Å²) in [4.78, 5) is 47.2. The molecular weight excluding hydrogens is 512 g/mol. The lowest BCUT2D eigenvalue weighted by molar-refractivity contribution is -0.157. The van der Waals surface area contributed by atoms with Gasteiger partial charge in [-0.15, -0.1) is 18.3 Å². The number of hydrogen-bond acceptors (Lipinski definition) is 7. The third kappa shape index (κ3) is 3.89. The molecular formula is C29H38N6O5. The van der Waals surface area contributed by atoms with Gasteiger partial charge >= 0.3 is 0 Å². The van der Waals surface area contributed by atoms with E-state index in [9.17, 15) is 19.5 Å². The maximum absolute atomic E-state index is 14.6.